The van der Waals surface area contributed by atoms with Crippen LogP contribution in [0.3, 0.4) is 0 Å². The number of piperidine rings is 1. The highest BCUT2D eigenvalue weighted by Gasteiger charge is 2.20. The molecule has 0 unspecified atom stereocenters. The van der Waals surface area contributed by atoms with Crippen LogP contribution < -0.4 is 16.4 Å². The number of amides is 1. The van der Waals surface area contributed by atoms with Gasteiger partial charge in [0.1, 0.15) is 5.82 Å². The van der Waals surface area contributed by atoms with E-state index in [9.17, 15) is 9.18 Å². The second-order valence-electron chi connectivity index (χ2n) is 6.50. The first kappa shape index (κ1) is 24.1. The Morgan fingerprint density at radius 1 is 1.41 bits per heavy atom. The number of guanidine groups is 1. The molecule has 0 saturated carbocycles. The van der Waals surface area contributed by atoms with Crippen molar-refractivity contribution in [3.8, 4) is 0 Å². The molecule has 0 aliphatic carbocycles. The van der Waals surface area contributed by atoms with Crippen LogP contribution in [0.5, 0.6) is 0 Å². The van der Waals surface area contributed by atoms with E-state index in [4.69, 9.17) is 5.73 Å². The van der Waals surface area contributed by atoms with E-state index in [1.54, 1.807) is 7.05 Å². The lowest BCUT2D eigenvalue weighted by atomic mass is 10.1. The van der Waals surface area contributed by atoms with Crippen LogP contribution in [0.1, 0.15) is 24.8 Å². The van der Waals surface area contributed by atoms with Crippen molar-refractivity contribution in [1.29, 1.82) is 0 Å². The summed E-state index contributed by atoms with van der Waals surface area (Å²) in [6, 6.07) is 5.49. The van der Waals surface area contributed by atoms with E-state index < -0.39 is 0 Å². The molecule has 9 heteroatoms. The quantitative estimate of drug-likeness (QED) is 0.209. The van der Waals surface area contributed by atoms with Gasteiger partial charge in [-0.2, -0.15) is 0 Å². The molecular weight excluding hydrogens is 528 g/mol. The minimum Gasteiger partial charge on any atom is -0.369 e. The van der Waals surface area contributed by atoms with Crippen LogP contribution in [-0.2, 0) is 11.2 Å². The number of halogens is 3. The number of benzene rings is 1. The van der Waals surface area contributed by atoms with Gasteiger partial charge >= 0.3 is 0 Å². The molecular formula is C18H28BrFIN5O. The molecule has 6 nitrogen and oxygen atoms in total. The van der Waals surface area contributed by atoms with Crippen LogP contribution in [0.15, 0.2) is 27.7 Å². The van der Waals surface area contributed by atoms with Crippen molar-refractivity contribution in [1.82, 2.24) is 15.5 Å². The maximum absolute atomic E-state index is 13.8. The van der Waals surface area contributed by atoms with Gasteiger partial charge in [0.25, 0.3) is 0 Å². The predicted octanol–water partition coefficient (Wildman–Crippen LogP) is 2.25. The van der Waals surface area contributed by atoms with Crippen LogP contribution >= 0.6 is 39.9 Å². The molecule has 1 aromatic carbocycles. The lowest BCUT2D eigenvalue weighted by Gasteiger charge is -2.32. The van der Waals surface area contributed by atoms with Gasteiger partial charge in [-0.05, 0) is 43.4 Å². The first-order valence-electron chi connectivity index (χ1n) is 8.89. The molecule has 1 fully saturated rings. The summed E-state index contributed by atoms with van der Waals surface area (Å²) in [7, 11) is 1.74. The fourth-order valence-electron chi connectivity index (χ4n) is 3.05. The van der Waals surface area contributed by atoms with Crippen molar-refractivity contribution in [3.63, 3.8) is 0 Å². The number of rotatable bonds is 7. The fraction of sp³-hybridized carbons (Fsp3) is 0.556. The zero-order chi connectivity index (χ0) is 18.9. The standard InChI is InChI=1S/C18H27BrFN5O.HI/c1-22-18(24-15-6-9-25(10-7-15)12-17(21)26)23-8-2-3-13-4-5-14(19)11-16(13)20;/h4-5,11,15H,2-3,6-10,12H2,1H3,(H2,21,26)(H2,22,23,24);1H. The number of aliphatic imine (C=N–C) groups is 1. The molecule has 1 aliphatic heterocycles. The molecule has 27 heavy (non-hydrogen) atoms. The molecule has 0 spiro atoms. The van der Waals surface area contributed by atoms with E-state index in [1.807, 2.05) is 12.1 Å². The van der Waals surface area contributed by atoms with Crippen molar-refractivity contribution >= 4 is 51.8 Å². The number of hydrogen-bond acceptors (Lipinski definition) is 3. The van der Waals surface area contributed by atoms with E-state index in [0.717, 1.165) is 54.9 Å². The molecule has 1 saturated heterocycles. The molecule has 0 radical (unpaired) electrons. The summed E-state index contributed by atoms with van der Waals surface area (Å²) in [5, 5.41) is 6.69. The van der Waals surface area contributed by atoms with Gasteiger partial charge in [-0.15, -0.1) is 24.0 Å². The van der Waals surface area contributed by atoms with Crippen LogP contribution in [0.25, 0.3) is 0 Å². The fourth-order valence-corrected chi connectivity index (χ4v) is 3.39. The van der Waals surface area contributed by atoms with Crippen LogP contribution in [0.2, 0.25) is 0 Å². The minimum atomic E-state index is -0.281. The van der Waals surface area contributed by atoms with Crippen molar-refractivity contribution in [2.75, 3.05) is 33.2 Å². The third kappa shape index (κ3) is 8.73. The van der Waals surface area contributed by atoms with Gasteiger partial charge in [0.05, 0.1) is 6.54 Å². The van der Waals surface area contributed by atoms with Gasteiger partial charge in [-0.3, -0.25) is 14.7 Å². The van der Waals surface area contributed by atoms with E-state index in [0.29, 0.717) is 19.0 Å². The number of primary amides is 1. The number of likely N-dealkylation sites (tertiary alicyclic amines) is 1. The van der Waals surface area contributed by atoms with Crippen molar-refractivity contribution in [2.45, 2.75) is 31.7 Å². The largest absolute Gasteiger partial charge is 0.369 e. The molecule has 1 aromatic rings. The van der Waals surface area contributed by atoms with Crippen molar-refractivity contribution in [3.05, 3.63) is 34.1 Å². The summed E-state index contributed by atoms with van der Waals surface area (Å²) in [6.07, 6.45) is 3.38. The molecule has 0 atom stereocenters. The number of nitrogens with two attached hydrogens (primary N) is 1. The molecule has 152 valence electrons. The summed E-state index contributed by atoms with van der Waals surface area (Å²) in [5.41, 5.74) is 5.96. The first-order valence-corrected chi connectivity index (χ1v) is 9.69. The highest BCUT2D eigenvalue weighted by atomic mass is 127. The Labute approximate surface area is 185 Å². The Morgan fingerprint density at radius 2 is 2.11 bits per heavy atom. The Hall–Kier alpha value is -0.940. The summed E-state index contributed by atoms with van der Waals surface area (Å²) >= 11 is 3.27. The van der Waals surface area contributed by atoms with Crippen LogP contribution in [-0.4, -0.2) is 56.0 Å². The van der Waals surface area contributed by atoms with Gasteiger partial charge in [0.15, 0.2) is 5.96 Å². The summed E-state index contributed by atoms with van der Waals surface area (Å²) in [4.78, 5) is 17.3. The summed E-state index contributed by atoms with van der Waals surface area (Å²) in [6.45, 7) is 2.74. The maximum atomic E-state index is 13.8. The van der Waals surface area contributed by atoms with E-state index in [2.05, 4.69) is 36.5 Å². The van der Waals surface area contributed by atoms with Gasteiger partial charge in [0.2, 0.25) is 5.91 Å². The monoisotopic (exact) mass is 555 g/mol. The van der Waals surface area contributed by atoms with Crippen LogP contribution in [0.4, 0.5) is 4.39 Å². The predicted molar refractivity (Wildman–Crippen MR) is 121 cm³/mol. The lowest BCUT2D eigenvalue weighted by molar-refractivity contribution is -0.119. The Balaban J connectivity index is 0.00000364. The van der Waals surface area contributed by atoms with Crippen LogP contribution in [0, 0.1) is 5.82 Å². The second kappa shape index (κ2) is 12.5. The number of nitrogens with zero attached hydrogens (tertiary/aromatic N) is 2. The summed E-state index contributed by atoms with van der Waals surface area (Å²) < 4.78 is 14.6. The van der Waals surface area contributed by atoms with Gasteiger partial charge in [0, 0.05) is 37.2 Å². The number of hydrogen-bond donors (Lipinski definition) is 3. The average molecular weight is 556 g/mol. The van der Waals surface area contributed by atoms with Gasteiger partial charge in [-0.25, -0.2) is 4.39 Å². The Kier molecular flexibility index (Phi) is 11.2. The average Bonchev–Trinajstić information content (AvgIpc) is 2.60. The number of aryl methyl sites for hydroxylation is 1. The highest BCUT2D eigenvalue weighted by Crippen LogP contribution is 2.16. The third-order valence-electron chi connectivity index (χ3n) is 4.46. The molecule has 4 N–H and O–H groups in total. The van der Waals surface area contributed by atoms with Crippen molar-refractivity contribution < 1.29 is 9.18 Å². The third-order valence-corrected chi connectivity index (χ3v) is 4.96. The highest BCUT2D eigenvalue weighted by molar-refractivity contribution is 14.0. The van der Waals surface area contributed by atoms with E-state index in [1.165, 1.54) is 6.07 Å². The summed E-state index contributed by atoms with van der Waals surface area (Å²) in [5.74, 6) is 0.301. The zero-order valence-electron chi connectivity index (χ0n) is 15.5. The second-order valence-corrected chi connectivity index (χ2v) is 7.42. The molecule has 0 aromatic heterocycles. The molecule has 0 bridgehead atoms. The van der Waals surface area contributed by atoms with Gasteiger partial charge < -0.3 is 16.4 Å². The Bertz CT molecular complexity index is 638. The first-order chi connectivity index (χ1) is 12.5. The number of carbonyl (C=O) groups is 1. The molecule has 1 heterocycles. The van der Waals surface area contributed by atoms with E-state index in [-0.39, 0.29) is 35.7 Å². The molecule has 1 aliphatic rings. The Morgan fingerprint density at radius 3 is 2.70 bits per heavy atom. The molecule has 1 amide bonds. The van der Waals surface area contributed by atoms with Crippen molar-refractivity contribution in [2.24, 2.45) is 10.7 Å². The normalized spacial score (nSPS) is 15.9. The van der Waals surface area contributed by atoms with Gasteiger partial charge in [-0.1, -0.05) is 22.0 Å². The maximum Gasteiger partial charge on any atom is 0.231 e. The topological polar surface area (TPSA) is 82.8 Å². The lowest BCUT2D eigenvalue weighted by Crippen LogP contribution is -2.49. The number of nitrogens with one attached hydrogen (secondary N) is 2. The minimum absolute atomic E-state index is 0. The number of carbonyl (C=O) groups excluding carboxylic acids is 1. The molecule has 2 rings (SSSR count). The van der Waals surface area contributed by atoms with E-state index >= 15 is 0 Å². The smallest absolute Gasteiger partial charge is 0.231 e. The SMILES string of the molecule is CN=C(NCCCc1ccc(Br)cc1F)NC1CCN(CC(N)=O)CC1.I. The zero-order valence-corrected chi connectivity index (χ0v) is 19.4.